The molecule has 0 saturated carbocycles. The van der Waals surface area contributed by atoms with Gasteiger partial charge in [-0.05, 0) is 126 Å². The van der Waals surface area contributed by atoms with E-state index < -0.39 is 6.04 Å². The zero-order valence-corrected chi connectivity index (χ0v) is 34.0. The Balaban J connectivity index is -0.000000749. The van der Waals surface area contributed by atoms with Crippen molar-refractivity contribution >= 4 is 30.4 Å². The number of carbonyl (C=O) groups is 5. The lowest BCUT2D eigenvalue weighted by molar-refractivity contribution is -0.126. The number of hydrogen-bond donors (Lipinski definition) is 8. The normalized spacial score (nSPS) is 13.4. The first-order valence-electron chi connectivity index (χ1n) is 19.6. The summed E-state index contributed by atoms with van der Waals surface area (Å²) in [6.45, 7) is 12.8. The van der Waals surface area contributed by atoms with Crippen LogP contribution in [0.5, 0.6) is 0 Å². The van der Waals surface area contributed by atoms with Crippen molar-refractivity contribution in [3.8, 4) is 0 Å². The highest BCUT2D eigenvalue weighted by Gasteiger charge is 2.21. The summed E-state index contributed by atoms with van der Waals surface area (Å²) in [6.07, 6.45) is 16.5. The molecule has 0 aromatic heterocycles. The maximum atomic E-state index is 12.3. The zero-order chi connectivity index (χ0) is 39.1. The molecule has 0 rings (SSSR count). The Kier molecular flexibility index (Phi) is 41.5. The molecule has 4 amide bonds. The van der Waals surface area contributed by atoms with Gasteiger partial charge in [0, 0.05) is 24.5 Å². The summed E-state index contributed by atoms with van der Waals surface area (Å²) in [6, 6.07) is -0.250. The Morgan fingerprint density at radius 1 is 0.549 bits per heavy atom. The van der Waals surface area contributed by atoms with Crippen molar-refractivity contribution in [3.63, 3.8) is 0 Å². The van der Waals surface area contributed by atoms with Gasteiger partial charge in [0.15, 0.2) is 0 Å². The number of rotatable bonds is 32. The van der Waals surface area contributed by atoms with Crippen LogP contribution in [0, 0.1) is 0 Å². The fourth-order valence-electron chi connectivity index (χ4n) is 5.22. The van der Waals surface area contributed by atoms with Gasteiger partial charge in [-0.3, -0.25) is 24.0 Å². The predicted octanol–water partition coefficient (Wildman–Crippen LogP) is 3.31. The van der Waals surface area contributed by atoms with E-state index in [1.54, 1.807) is 0 Å². The van der Waals surface area contributed by atoms with E-state index in [0.717, 1.165) is 83.8 Å². The van der Waals surface area contributed by atoms with E-state index in [9.17, 15) is 24.0 Å². The third kappa shape index (κ3) is 37.0. The number of Topliss-reactive ketones (excluding diaryl/α,β-unsaturated/α-hetero) is 1. The van der Waals surface area contributed by atoms with E-state index in [0.29, 0.717) is 38.1 Å². The monoisotopic (exact) mass is 729 g/mol. The minimum atomic E-state index is -0.539. The average molecular weight is 729 g/mol. The largest absolute Gasteiger partial charge is 0.352 e. The molecule has 0 spiro atoms. The van der Waals surface area contributed by atoms with E-state index >= 15 is 0 Å². The molecular formula is C38H80N8O5. The number of hydrogen-bond acceptors (Lipinski definition) is 9. The topological polar surface area (TPSA) is 182 Å². The Labute approximate surface area is 311 Å². The first kappa shape index (κ1) is 52.7. The van der Waals surface area contributed by atoms with Crippen LogP contribution < -0.4 is 42.5 Å². The average Bonchev–Trinajstić information content (AvgIpc) is 3.10. The van der Waals surface area contributed by atoms with Crippen LogP contribution in [0.1, 0.15) is 137 Å². The molecule has 51 heavy (non-hydrogen) atoms. The van der Waals surface area contributed by atoms with E-state index in [1.807, 2.05) is 35.1 Å². The van der Waals surface area contributed by atoms with Crippen LogP contribution >= 0.6 is 0 Å². The Bertz CT molecular complexity index is 836. The van der Waals surface area contributed by atoms with Crippen LogP contribution in [0.4, 0.5) is 0 Å². The second kappa shape index (κ2) is 40.2. The van der Waals surface area contributed by atoms with Crippen molar-refractivity contribution in [2.75, 3.05) is 47.8 Å². The summed E-state index contributed by atoms with van der Waals surface area (Å²) in [7, 11) is 7.71. The van der Waals surface area contributed by atoms with Gasteiger partial charge < -0.3 is 42.5 Å². The summed E-state index contributed by atoms with van der Waals surface area (Å²) in [5, 5.41) is 23.5. The van der Waals surface area contributed by atoms with Gasteiger partial charge in [0.25, 0.3) is 0 Å². The van der Waals surface area contributed by atoms with E-state index in [1.165, 1.54) is 26.2 Å². The standard InChI is InChI=1S/C16H32N4O3.C15H31N3O2.C7H17N/c1-13(22)11-14(7-6-10-18-3)20-16(23)15(19-12-21)8-4-5-9-17-2;1-4-5-6-10-14(17-12-19)15(20)18-13(2)9-7-8-11-16-3;1-4-5-6-7(2)8-3/h12,14-15,17-18H,4-11H2,1-3H3,(H,19,21)(H,20,23);12-14,16H,4-11H2,1-3H3,(H,17,19)(H,18,20);7-8H,4-6H2,1-3H3. The summed E-state index contributed by atoms with van der Waals surface area (Å²) in [5.74, 6) is -0.222. The van der Waals surface area contributed by atoms with Crippen molar-refractivity contribution < 1.29 is 24.0 Å². The van der Waals surface area contributed by atoms with Gasteiger partial charge in [-0.25, -0.2) is 0 Å². The Hall–Kier alpha value is -2.61. The number of ketones is 1. The maximum absolute atomic E-state index is 12.3. The predicted molar refractivity (Wildman–Crippen MR) is 212 cm³/mol. The van der Waals surface area contributed by atoms with E-state index in [4.69, 9.17) is 0 Å². The highest BCUT2D eigenvalue weighted by atomic mass is 16.2. The molecule has 5 atom stereocenters. The first-order valence-corrected chi connectivity index (χ1v) is 19.6. The van der Waals surface area contributed by atoms with Crippen molar-refractivity contribution in [2.24, 2.45) is 0 Å². The minimum Gasteiger partial charge on any atom is -0.352 e. The van der Waals surface area contributed by atoms with Crippen LogP contribution in [0.2, 0.25) is 0 Å². The van der Waals surface area contributed by atoms with Crippen LogP contribution in [0.3, 0.4) is 0 Å². The SMILES string of the molecule is CCCCC(C)NC.CCCCCC(NC=O)C(=O)NC(C)CCCCNC.CNCCCCC(NC=O)C(=O)NC(CCCNC)CC(C)=O. The highest BCUT2D eigenvalue weighted by molar-refractivity contribution is 5.85. The van der Waals surface area contributed by atoms with E-state index in [2.05, 4.69) is 63.3 Å². The fraction of sp³-hybridized carbons (Fsp3) is 0.868. The lowest BCUT2D eigenvalue weighted by Crippen LogP contribution is -2.48. The number of nitrogens with one attached hydrogen (secondary N) is 8. The Morgan fingerprint density at radius 3 is 1.45 bits per heavy atom. The van der Waals surface area contributed by atoms with Crippen molar-refractivity contribution in [3.05, 3.63) is 0 Å². The second-order valence-corrected chi connectivity index (χ2v) is 13.5. The minimum absolute atomic E-state index is 0.0497. The van der Waals surface area contributed by atoms with Crippen molar-refractivity contribution in [2.45, 2.75) is 168 Å². The molecule has 0 aromatic carbocycles. The number of carbonyl (C=O) groups excluding carboxylic acids is 5. The van der Waals surface area contributed by atoms with Gasteiger partial charge in [0.05, 0.1) is 0 Å². The first-order chi connectivity index (χ1) is 24.5. The fourth-order valence-corrected chi connectivity index (χ4v) is 5.22. The third-order valence-corrected chi connectivity index (χ3v) is 8.48. The molecule has 0 saturated heterocycles. The third-order valence-electron chi connectivity index (χ3n) is 8.48. The molecule has 8 N–H and O–H groups in total. The quantitative estimate of drug-likeness (QED) is 0.0381. The molecule has 0 aliphatic carbocycles. The molecule has 5 unspecified atom stereocenters. The zero-order valence-electron chi connectivity index (χ0n) is 34.0. The van der Waals surface area contributed by atoms with Crippen LogP contribution in [0.25, 0.3) is 0 Å². The smallest absolute Gasteiger partial charge is 0.242 e. The molecular weight excluding hydrogens is 648 g/mol. The molecule has 13 nitrogen and oxygen atoms in total. The summed E-state index contributed by atoms with van der Waals surface area (Å²) in [4.78, 5) is 57.1. The van der Waals surface area contributed by atoms with Crippen LogP contribution in [0.15, 0.2) is 0 Å². The van der Waals surface area contributed by atoms with Crippen LogP contribution in [-0.4, -0.2) is 108 Å². The van der Waals surface area contributed by atoms with Gasteiger partial charge in [0.2, 0.25) is 24.6 Å². The molecule has 0 aromatic rings. The lowest BCUT2D eigenvalue weighted by Gasteiger charge is -2.22. The Morgan fingerprint density at radius 2 is 1.00 bits per heavy atom. The van der Waals surface area contributed by atoms with Gasteiger partial charge in [0.1, 0.15) is 17.9 Å². The second-order valence-electron chi connectivity index (χ2n) is 13.5. The highest BCUT2D eigenvalue weighted by Crippen LogP contribution is 2.07. The molecule has 0 aliphatic rings. The van der Waals surface area contributed by atoms with Gasteiger partial charge >= 0.3 is 0 Å². The molecule has 0 aliphatic heterocycles. The summed E-state index contributed by atoms with van der Waals surface area (Å²) >= 11 is 0. The summed E-state index contributed by atoms with van der Waals surface area (Å²) in [5.41, 5.74) is 0. The van der Waals surface area contributed by atoms with Crippen LogP contribution in [-0.2, 0) is 24.0 Å². The number of unbranched alkanes of at least 4 members (excludes halogenated alkanes) is 5. The molecule has 302 valence electrons. The molecule has 0 bridgehead atoms. The van der Waals surface area contributed by atoms with Gasteiger partial charge in [-0.1, -0.05) is 52.4 Å². The van der Waals surface area contributed by atoms with E-state index in [-0.39, 0.29) is 35.7 Å². The van der Waals surface area contributed by atoms with Gasteiger partial charge in [-0.2, -0.15) is 0 Å². The summed E-state index contributed by atoms with van der Waals surface area (Å²) < 4.78 is 0. The molecule has 0 radical (unpaired) electrons. The van der Waals surface area contributed by atoms with Crippen molar-refractivity contribution in [1.82, 2.24) is 42.5 Å². The van der Waals surface area contributed by atoms with Crippen molar-refractivity contribution in [1.29, 1.82) is 0 Å². The lowest BCUT2D eigenvalue weighted by atomic mass is 10.0. The molecule has 0 heterocycles. The number of amides is 4. The molecule has 13 heteroatoms. The maximum Gasteiger partial charge on any atom is 0.242 e. The molecule has 0 fully saturated rings. The van der Waals surface area contributed by atoms with Gasteiger partial charge in [-0.15, -0.1) is 0 Å².